The number of benzene rings is 2. The Hall–Kier alpha value is -1.54. The third kappa shape index (κ3) is 3.71. The van der Waals surface area contributed by atoms with Crippen LogP contribution in [0.15, 0.2) is 48.5 Å². The van der Waals surface area contributed by atoms with Crippen molar-refractivity contribution in [2.45, 2.75) is 33.1 Å². The van der Waals surface area contributed by atoms with Crippen LogP contribution in [0.5, 0.6) is 0 Å². The fourth-order valence-corrected chi connectivity index (χ4v) is 3.26. The Balaban J connectivity index is 2.03. The summed E-state index contributed by atoms with van der Waals surface area (Å²) in [5, 5.41) is 5.02. The van der Waals surface area contributed by atoms with Crippen LogP contribution in [-0.4, -0.2) is 8.07 Å². The summed E-state index contributed by atoms with van der Waals surface area (Å²) in [6.45, 7) is 10.2. The van der Waals surface area contributed by atoms with Crippen molar-refractivity contribution in [2.24, 2.45) is 0 Å². The van der Waals surface area contributed by atoms with E-state index in [0.29, 0.717) is 0 Å². The number of para-hydroxylation sites is 1. The number of aryl methyl sites for hydroxylation is 1. The molecule has 0 saturated carbocycles. The molecule has 2 rings (SSSR count). The molecule has 0 atom stereocenters. The molecule has 2 aromatic rings. The fourth-order valence-electron chi connectivity index (χ4n) is 2.09. The van der Waals surface area contributed by atoms with Crippen molar-refractivity contribution in [3.8, 4) is 0 Å². The van der Waals surface area contributed by atoms with Crippen molar-refractivity contribution in [1.82, 2.24) is 0 Å². The number of nitrogens with one attached hydrogen (secondary N) is 1. The average Bonchev–Trinajstić information content (AvgIpc) is 2.37. The van der Waals surface area contributed by atoms with Crippen LogP contribution >= 0.6 is 0 Å². The first kappa shape index (κ1) is 13.9. The van der Waals surface area contributed by atoms with E-state index in [4.69, 9.17) is 0 Å². The van der Waals surface area contributed by atoms with Crippen LogP contribution in [0.3, 0.4) is 0 Å². The largest absolute Gasteiger partial charge is 0.381 e. The zero-order valence-electron chi connectivity index (χ0n) is 12.3. The summed E-state index contributed by atoms with van der Waals surface area (Å²) in [4.78, 5) is 0. The predicted molar refractivity (Wildman–Crippen MR) is 87.9 cm³/mol. The van der Waals surface area contributed by atoms with Crippen molar-refractivity contribution in [3.05, 3.63) is 59.7 Å². The molecule has 0 spiro atoms. The minimum atomic E-state index is -1.17. The van der Waals surface area contributed by atoms with E-state index in [1.807, 2.05) is 0 Å². The van der Waals surface area contributed by atoms with Crippen LogP contribution in [0.2, 0.25) is 19.6 Å². The topological polar surface area (TPSA) is 12.0 Å². The van der Waals surface area contributed by atoms with E-state index in [-0.39, 0.29) is 0 Å². The average molecular weight is 269 g/mol. The first-order chi connectivity index (χ1) is 8.97. The minimum absolute atomic E-state index is 0.886. The van der Waals surface area contributed by atoms with Gasteiger partial charge in [-0.3, -0.25) is 0 Å². The first-order valence-corrected chi connectivity index (χ1v) is 10.4. The second-order valence-electron chi connectivity index (χ2n) is 6.12. The Kier molecular flexibility index (Phi) is 4.10. The van der Waals surface area contributed by atoms with Crippen LogP contribution < -0.4 is 10.5 Å². The Morgan fingerprint density at radius 2 is 1.53 bits per heavy atom. The zero-order chi connectivity index (χ0) is 13.9. The van der Waals surface area contributed by atoms with Crippen molar-refractivity contribution >= 4 is 18.9 Å². The molecule has 2 aromatic carbocycles. The highest BCUT2D eigenvalue weighted by molar-refractivity contribution is 6.88. The molecule has 100 valence electrons. The van der Waals surface area contributed by atoms with Gasteiger partial charge in [0.15, 0.2) is 0 Å². The maximum atomic E-state index is 3.50. The molecule has 0 aromatic heterocycles. The highest BCUT2D eigenvalue weighted by atomic mass is 28.3. The van der Waals surface area contributed by atoms with Gasteiger partial charge in [0.2, 0.25) is 0 Å². The van der Waals surface area contributed by atoms with Gasteiger partial charge in [-0.2, -0.15) is 0 Å². The third-order valence-electron chi connectivity index (χ3n) is 3.45. The molecule has 0 heterocycles. The quantitative estimate of drug-likeness (QED) is 0.822. The lowest BCUT2D eigenvalue weighted by Crippen LogP contribution is -2.37. The molecule has 0 aliphatic rings. The van der Waals surface area contributed by atoms with Gasteiger partial charge in [0.1, 0.15) is 0 Å². The summed E-state index contributed by atoms with van der Waals surface area (Å²) < 4.78 is 0. The molecular weight excluding hydrogens is 246 g/mol. The molecule has 19 heavy (non-hydrogen) atoms. The molecule has 0 amide bonds. The van der Waals surface area contributed by atoms with Gasteiger partial charge in [-0.1, -0.05) is 67.3 Å². The molecule has 0 unspecified atom stereocenters. The maximum absolute atomic E-state index is 3.50. The van der Waals surface area contributed by atoms with Crippen LogP contribution in [0.1, 0.15) is 11.1 Å². The zero-order valence-corrected chi connectivity index (χ0v) is 13.3. The van der Waals surface area contributed by atoms with Crippen molar-refractivity contribution in [2.75, 3.05) is 5.32 Å². The smallest absolute Gasteiger partial charge is 0.0775 e. The van der Waals surface area contributed by atoms with Gasteiger partial charge < -0.3 is 5.32 Å². The van der Waals surface area contributed by atoms with Crippen LogP contribution in [0, 0.1) is 6.92 Å². The molecule has 0 saturated heterocycles. The van der Waals surface area contributed by atoms with Crippen LogP contribution in [-0.2, 0) is 6.54 Å². The molecule has 0 fully saturated rings. The summed E-state index contributed by atoms with van der Waals surface area (Å²) in [5.74, 6) is 0. The summed E-state index contributed by atoms with van der Waals surface area (Å²) in [5.41, 5.74) is 3.85. The maximum Gasteiger partial charge on any atom is 0.0775 e. The summed E-state index contributed by atoms with van der Waals surface area (Å²) in [7, 11) is -1.17. The van der Waals surface area contributed by atoms with Crippen LogP contribution in [0.25, 0.3) is 0 Å². The summed E-state index contributed by atoms with van der Waals surface area (Å²) >= 11 is 0. The first-order valence-electron chi connectivity index (χ1n) is 6.86. The Morgan fingerprint density at radius 3 is 2.11 bits per heavy atom. The number of rotatable bonds is 4. The van der Waals surface area contributed by atoms with Crippen molar-refractivity contribution in [1.29, 1.82) is 0 Å². The van der Waals surface area contributed by atoms with Gasteiger partial charge in [0, 0.05) is 12.2 Å². The molecule has 0 aliphatic heterocycles. The van der Waals surface area contributed by atoms with Crippen LogP contribution in [0.4, 0.5) is 5.69 Å². The molecule has 0 aliphatic carbocycles. The Bertz CT molecular complexity index is 538. The van der Waals surface area contributed by atoms with Gasteiger partial charge in [-0.05, 0) is 24.1 Å². The highest BCUT2D eigenvalue weighted by Gasteiger charge is 2.15. The van der Waals surface area contributed by atoms with E-state index in [2.05, 4.69) is 80.4 Å². The molecular formula is C17H23NSi. The van der Waals surface area contributed by atoms with Crippen molar-refractivity contribution in [3.63, 3.8) is 0 Å². The van der Waals surface area contributed by atoms with E-state index in [0.717, 1.165) is 6.54 Å². The van der Waals surface area contributed by atoms with E-state index < -0.39 is 8.07 Å². The highest BCUT2D eigenvalue weighted by Crippen LogP contribution is 2.14. The number of hydrogen-bond acceptors (Lipinski definition) is 1. The molecule has 1 nitrogen and oxygen atoms in total. The third-order valence-corrected chi connectivity index (χ3v) is 5.51. The second kappa shape index (κ2) is 5.62. The summed E-state index contributed by atoms with van der Waals surface area (Å²) in [6, 6.07) is 17.5. The minimum Gasteiger partial charge on any atom is -0.381 e. The van der Waals surface area contributed by atoms with Gasteiger partial charge in [0.05, 0.1) is 8.07 Å². The van der Waals surface area contributed by atoms with E-state index in [9.17, 15) is 0 Å². The normalized spacial score (nSPS) is 11.4. The monoisotopic (exact) mass is 269 g/mol. The lowest BCUT2D eigenvalue weighted by Gasteiger charge is -2.17. The van der Waals surface area contributed by atoms with E-state index in [1.54, 1.807) is 0 Å². The lowest BCUT2D eigenvalue weighted by atomic mass is 10.2. The fraction of sp³-hybridized carbons (Fsp3) is 0.294. The number of anilines is 1. The van der Waals surface area contributed by atoms with Gasteiger partial charge >= 0.3 is 0 Å². The predicted octanol–water partition coefficient (Wildman–Crippen LogP) is 4.15. The Morgan fingerprint density at radius 1 is 0.895 bits per heavy atom. The molecule has 1 N–H and O–H groups in total. The summed E-state index contributed by atoms with van der Waals surface area (Å²) in [6.07, 6.45) is 0. The molecule has 0 bridgehead atoms. The Labute approximate surface area is 117 Å². The number of hydrogen-bond donors (Lipinski definition) is 1. The van der Waals surface area contributed by atoms with E-state index in [1.165, 1.54) is 22.0 Å². The van der Waals surface area contributed by atoms with Crippen molar-refractivity contribution < 1.29 is 0 Å². The standard InChI is InChI=1S/C17H23NSi/c1-14-7-5-6-8-17(14)18-13-15-9-11-16(12-10-15)19(2,3)4/h5-12,18H,13H2,1-4H3. The van der Waals surface area contributed by atoms with E-state index >= 15 is 0 Å². The van der Waals surface area contributed by atoms with Gasteiger partial charge in [-0.15, -0.1) is 0 Å². The van der Waals surface area contributed by atoms with Gasteiger partial charge in [0.25, 0.3) is 0 Å². The molecule has 2 heteroatoms. The second-order valence-corrected chi connectivity index (χ2v) is 11.2. The lowest BCUT2D eigenvalue weighted by molar-refractivity contribution is 1.14. The SMILES string of the molecule is Cc1ccccc1NCc1ccc([Si](C)(C)C)cc1. The molecule has 0 radical (unpaired) electrons. The van der Waals surface area contributed by atoms with Gasteiger partial charge in [-0.25, -0.2) is 0 Å².